The molecule has 32 heavy (non-hydrogen) atoms. The third kappa shape index (κ3) is 4.97. The van der Waals surface area contributed by atoms with Crippen LogP contribution in [0, 0.1) is 11.6 Å². The lowest BCUT2D eigenvalue weighted by molar-refractivity contribution is -0.274. The number of alkyl halides is 3. The smallest absolute Gasteiger partial charge is 0.404 e. The third-order valence-corrected chi connectivity index (χ3v) is 4.32. The molecule has 1 aliphatic rings. The lowest BCUT2D eigenvalue weighted by Gasteiger charge is -2.18. The minimum absolute atomic E-state index is 0.0132. The fraction of sp³-hybridized carbons (Fsp3) is 0.118. The number of hydrogen-bond donors (Lipinski definition) is 4. The van der Waals surface area contributed by atoms with Crippen LogP contribution in [0.4, 0.5) is 27.6 Å². The van der Waals surface area contributed by atoms with Gasteiger partial charge in [0.25, 0.3) is 11.8 Å². The fourth-order valence-corrected chi connectivity index (χ4v) is 2.80. The Hall–Kier alpha value is -3.65. The van der Waals surface area contributed by atoms with E-state index in [1.165, 1.54) is 12.1 Å². The second-order valence-electron chi connectivity index (χ2n) is 6.07. The Labute approximate surface area is 181 Å². The topological polar surface area (TPSA) is 107 Å². The Morgan fingerprint density at radius 3 is 2.31 bits per heavy atom. The van der Waals surface area contributed by atoms with E-state index in [1.54, 1.807) is 0 Å². The van der Waals surface area contributed by atoms with Crippen molar-refractivity contribution in [2.24, 2.45) is 5.10 Å². The first-order valence-electron chi connectivity index (χ1n) is 8.45. The molecule has 2 amide bonds. The van der Waals surface area contributed by atoms with E-state index in [0.717, 1.165) is 24.3 Å². The van der Waals surface area contributed by atoms with Gasteiger partial charge in [0.2, 0.25) is 5.96 Å². The molecule has 0 fully saturated rings. The monoisotopic (exact) mass is 478 g/mol. The highest BCUT2D eigenvalue weighted by atomic mass is 35.5. The largest absolute Gasteiger partial charge is 0.573 e. The maximum Gasteiger partial charge on any atom is 0.573 e. The molecule has 0 unspecified atom stereocenters. The summed E-state index contributed by atoms with van der Waals surface area (Å²) in [7, 11) is 1.48. The SMILES string of the molecule is CN1NNN=C1NC(=O)c1ccc(OC(F)(F)F)c(NC(=O)c2c(F)cccc2F)c1Cl. The summed E-state index contributed by atoms with van der Waals surface area (Å²) in [6, 6.07) is 4.14. The van der Waals surface area contributed by atoms with Gasteiger partial charge < -0.3 is 10.1 Å². The molecule has 1 aliphatic heterocycles. The molecule has 1 heterocycles. The van der Waals surface area contributed by atoms with E-state index in [1.807, 2.05) is 5.32 Å². The summed E-state index contributed by atoms with van der Waals surface area (Å²) in [5, 5.41) is 8.46. The zero-order chi connectivity index (χ0) is 23.6. The Kier molecular flexibility index (Phi) is 6.36. The third-order valence-electron chi connectivity index (χ3n) is 3.92. The minimum Gasteiger partial charge on any atom is -0.404 e. The highest BCUT2D eigenvalue weighted by molar-refractivity contribution is 6.37. The first kappa shape index (κ1) is 23.0. The molecule has 0 atom stereocenters. The lowest BCUT2D eigenvalue weighted by atomic mass is 10.1. The molecule has 15 heteroatoms. The van der Waals surface area contributed by atoms with Crippen LogP contribution in [0.15, 0.2) is 35.4 Å². The van der Waals surface area contributed by atoms with Crippen molar-refractivity contribution in [3.8, 4) is 5.75 Å². The number of guanidine groups is 1. The molecule has 0 aromatic heterocycles. The number of rotatable bonds is 4. The molecule has 0 bridgehead atoms. The quantitative estimate of drug-likeness (QED) is 0.504. The van der Waals surface area contributed by atoms with Crippen molar-refractivity contribution >= 4 is 35.1 Å². The molecule has 3 rings (SSSR count). The Balaban J connectivity index is 2.00. The van der Waals surface area contributed by atoms with Gasteiger partial charge in [-0.3, -0.25) is 19.9 Å². The minimum atomic E-state index is -5.20. The second kappa shape index (κ2) is 8.84. The predicted molar refractivity (Wildman–Crippen MR) is 101 cm³/mol. The maximum absolute atomic E-state index is 13.9. The van der Waals surface area contributed by atoms with Crippen LogP contribution < -0.4 is 26.4 Å². The van der Waals surface area contributed by atoms with Gasteiger partial charge in [0.15, 0.2) is 5.75 Å². The van der Waals surface area contributed by atoms with Gasteiger partial charge in [-0.2, -0.15) is 0 Å². The van der Waals surface area contributed by atoms with E-state index in [4.69, 9.17) is 11.6 Å². The number of ether oxygens (including phenoxy) is 1. The van der Waals surface area contributed by atoms with Crippen molar-refractivity contribution in [1.29, 1.82) is 0 Å². The number of nitrogens with one attached hydrogen (secondary N) is 4. The van der Waals surface area contributed by atoms with Gasteiger partial charge >= 0.3 is 6.36 Å². The average molecular weight is 479 g/mol. The molecule has 2 aromatic rings. The molecule has 170 valence electrons. The van der Waals surface area contributed by atoms with Gasteiger partial charge in [-0.1, -0.05) is 17.7 Å². The van der Waals surface area contributed by atoms with Gasteiger partial charge in [-0.25, -0.2) is 14.3 Å². The Bertz CT molecular complexity index is 1090. The molecule has 2 aromatic carbocycles. The van der Waals surface area contributed by atoms with Crippen molar-refractivity contribution in [3.05, 3.63) is 58.1 Å². The van der Waals surface area contributed by atoms with E-state index < -0.39 is 57.4 Å². The molecule has 0 spiro atoms. The standard InChI is InChI=1S/C17H12ClF5N6O3/c1-29-16(26-27-28-29)25-14(30)7-5-6-10(32-17(21,22)23)13(12(7)18)24-15(31)11-8(19)3-2-4-9(11)20/h2-6,27-28H,1H3,(H,24,31)(H,25,26,30). The van der Waals surface area contributed by atoms with Gasteiger partial charge in [-0.15, -0.1) is 23.8 Å². The van der Waals surface area contributed by atoms with Crippen molar-refractivity contribution in [2.75, 3.05) is 12.4 Å². The summed E-state index contributed by atoms with van der Waals surface area (Å²) in [6.07, 6.45) is -5.20. The number of anilines is 1. The molecule has 0 saturated carbocycles. The number of hydrogen-bond acceptors (Lipinski definition) is 7. The average Bonchev–Trinajstić information content (AvgIpc) is 3.08. The summed E-state index contributed by atoms with van der Waals surface area (Å²) >= 11 is 6.08. The number of hydrazone groups is 1. The molecule has 0 radical (unpaired) electrons. The van der Waals surface area contributed by atoms with Crippen LogP contribution in [0.1, 0.15) is 20.7 Å². The maximum atomic E-state index is 13.9. The van der Waals surface area contributed by atoms with Gasteiger partial charge in [-0.05, 0) is 24.3 Å². The number of benzene rings is 2. The van der Waals surface area contributed by atoms with Crippen LogP contribution in [-0.4, -0.2) is 36.2 Å². The van der Waals surface area contributed by atoms with Crippen molar-refractivity contribution in [2.45, 2.75) is 6.36 Å². The van der Waals surface area contributed by atoms with Crippen molar-refractivity contribution in [3.63, 3.8) is 0 Å². The molecule has 9 nitrogen and oxygen atoms in total. The summed E-state index contributed by atoms with van der Waals surface area (Å²) in [4.78, 5) is 24.9. The zero-order valence-corrected chi connectivity index (χ0v) is 16.5. The van der Waals surface area contributed by atoms with Crippen molar-refractivity contribution < 1.29 is 36.3 Å². The number of carbonyl (C=O) groups is 2. The van der Waals surface area contributed by atoms with E-state index in [-0.39, 0.29) is 5.96 Å². The fourth-order valence-electron chi connectivity index (χ4n) is 2.51. The van der Waals surface area contributed by atoms with Gasteiger partial charge in [0, 0.05) is 7.05 Å². The highest BCUT2D eigenvalue weighted by Crippen LogP contribution is 2.38. The highest BCUT2D eigenvalue weighted by Gasteiger charge is 2.34. The molecule has 0 saturated heterocycles. The van der Waals surface area contributed by atoms with Gasteiger partial charge in [0.1, 0.15) is 22.9 Å². The predicted octanol–water partition coefficient (Wildman–Crippen LogP) is 2.72. The zero-order valence-electron chi connectivity index (χ0n) is 15.8. The molecule has 0 aliphatic carbocycles. The van der Waals surface area contributed by atoms with E-state index in [9.17, 15) is 31.5 Å². The van der Waals surface area contributed by atoms with Crippen LogP contribution in [0.2, 0.25) is 5.02 Å². The second-order valence-corrected chi connectivity index (χ2v) is 6.45. The molecule has 4 N–H and O–H groups in total. The number of carbonyl (C=O) groups excluding carboxylic acids is 2. The van der Waals surface area contributed by atoms with E-state index >= 15 is 0 Å². The Morgan fingerprint density at radius 2 is 1.75 bits per heavy atom. The number of hydrazine groups is 2. The first-order chi connectivity index (χ1) is 15.0. The van der Waals surface area contributed by atoms with Crippen LogP contribution in [0.5, 0.6) is 5.75 Å². The summed E-state index contributed by atoms with van der Waals surface area (Å²) in [5.74, 6) is -5.94. The normalized spacial score (nSPS) is 13.3. The van der Waals surface area contributed by atoms with Crippen LogP contribution in [-0.2, 0) is 0 Å². The summed E-state index contributed by atoms with van der Waals surface area (Å²) in [6.45, 7) is 0. The van der Waals surface area contributed by atoms with Crippen molar-refractivity contribution in [1.82, 2.24) is 21.4 Å². The molecular formula is C17H12ClF5N6O3. The number of amides is 2. The first-order valence-corrected chi connectivity index (χ1v) is 8.82. The van der Waals surface area contributed by atoms with E-state index in [2.05, 4.69) is 26.2 Å². The number of nitrogens with zero attached hydrogens (tertiary/aromatic N) is 2. The van der Waals surface area contributed by atoms with Crippen LogP contribution in [0.25, 0.3) is 0 Å². The molecular weight excluding hydrogens is 467 g/mol. The van der Waals surface area contributed by atoms with Crippen LogP contribution in [0.3, 0.4) is 0 Å². The number of halogens is 6. The van der Waals surface area contributed by atoms with E-state index in [0.29, 0.717) is 6.07 Å². The van der Waals surface area contributed by atoms with Gasteiger partial charge in [0.05, 0.1) is 10.6 Å². The van der Waals surface area contributed by atoms with Crippen LogP contribution >= 0.6 is 11.6 Å². The lowest BCUT2D eigenvalue weighted by Crippen LogP contribution is -2.45. The Morgan fingerprint density at radius 1 is 1.09 bits per heavy atom. The summed E-state index contributed by atoms with van der Waals surface area (Å²) in [5.41, 5.74) is 2.54. The summed E-state index contributed by atoms with van der Waals surface area (Å²) < 4.78 is 70.0.